The van der Waals surface area contributed by atoms with Crippen LogP contribution in [0.1, 0.15) is 16.7 Å². The maximum atomic E-state index is 14.8. The van der Waals surface area contributed by atoms with Gasteiger partial charge in [-0.25, -0.2) is 0 Å². The average molecular weight is 496 g/mol. The van der Waals surface area contributed by atoms with Crippen molar-refractivity contribution in [3.63, 3.8) is 0 Å². The van der Waals surface area contributed by atoms with Gasteiger partial charge in [0, 0.05) is 16.8 Å². The number of benzene rings is 4. The highest BCUT2D eigenvalue weighted by Crippen LogP contribution is 2.57. The normalized spacial score (nSPS) is 17.9. The van der Waals surface area contributed by atoms with E-state index in [9.17, 15) is 10.1 Å². The number of fused-ring (bicyclic) bond motifs is 5. The Morgan fingerprint density at radius 2 is 1.68 bits per heavy atom. The number of amides is 1. The SMILES string of the molecule is N#CC1=C(N)Oc2n[nH]c(-c3ccccc3)c2C12C(=O)N(Cc1cccc3ccccc13)c1ccccc12. The molecule has 2 aliphatic heterocycles. The molecule has 2 aliphatic rings. The summed E-state index contributed by atoms with van der Waals surface area (Å²) in [5, 5.41) is 20.0. The Balaban J connectivity index is 1.50. The number of ether oxygens (including phenoxy) is 1. The lowest BCUT2D eigenvalue weighted by molar-refractivity contribution is -0.121. The van der Waals surface area contributed by atoms with Crippen molar-refractivity contribution in [1.29, 1.82) is 5.26 Å². The number of carbonyl (C=O) groups is 1. The minimum absolute atomic E-state index is 0.0569. The number of rotatable bonds is 3. The minimum atomic E-state index is -1.51. The van der Waals surface area contributed by atoms with Crippen LogP contribution >= 0.6 is 0 Å². The van der Waals surface area contributed by atoms with E-state index in [1.807, 2.05) is 78.9 Å². The Morgan fingerprint density at radius 1 is 0.947 bits per heavy atom. The van der Waals surface area contributed by atoms with Crippen molar-refractivity contribution < 1.29 is 9.53 Å². The molecule has 182 valence electrons. The monoisotopic (exact) mass is 495 g/mol. The van der Waals surface area contributed by atoms with Crippen molar-refractivity contribution in [2.45, 2.75) is 12.0 Å². The van der Waals surface area contributed by atoms with Crippen LogP contribution in [0.5, 0.6) is 5.88 Å². The van der Waals surface area contributed by atoms with Crippen LogP contribution in [-0.2, 0) is 16.8 Å². The molecule has 3 N–H and O–H groups in total. The quantitative estimate of drug-likeness (QED) is 0.360. The van der Waals surface area contributed by atoms with E-state index in [1.54, 1.807) is 4.90 Å². The zero-order valence-electron chi connectivity index (χ0n) is 20.2. The molecule has 0 fully saturated rings. The van der Waals surface area contributed by atoms with Gasteiger partial charge in [0.2, 0.25) is 17.7 Å². The van der Waals surface area contributed by atoms with E-state index in [0.717, 1.165) is 27.6 Å². The summed E-state index contributed by atoms with van der Waals surface area (Å²) < 4.78 is 5.82. The molecule has 1 spiro atoms. The molecule has 1 atom stereocenters. The van der Waals surface area contributed by atoms with Crippen molar-refractivity contribution in [3.05, 3.63) is 125 Å². The molecular weight excluding hydrogens is 474 g/mol. The molecule has 7 heteroatoms. The predicted molar refractivity (Wildman–Crippen MR) is 144 cm³/mol. The second-order valence-electron chi connectivity index (χ2n) is 9.39. The van der Waals surface area contributed by atoms with E-state index < -0.39 is 5.41 Å². The van der Waals surface area contributed by atoms with E-state index in [-0.39, 0.29) is 23.2 Å². The van der Waals surface area contributed by atoms with Gasteiger partial charge in [0.1, 0.15) is 17.1 Å². The molecule has 7 rings (SSSR count). The third-order valence-corrected chi connectivity index (χ3v) is 7.48. The Hall–Kier alpha value is -5.35. The second-order valence-corrected chi connectivity index (χ2v) is 9.39. The third kappa shape index (κ3) is 2.83. The highest BCUT2D eigenvalue weighted by Gasteiger charge is 2.61. The number of nitrogens with one attached hydrogen (secondary N) is 1. The zero-order valence-corrected chi connectivity index (χ0v) is 20.2. The summed E-state index contributed by atoms with van der Waals surface area (Å²) in [5.41, 5.74) is 9.17. The first-order chi connectivity index (χ1) is 18.6. The molecule has 0 aliphatic carbocycles. The fourth-order valence-corrected chi connectivity index (χ4v) is 5.86. The lowest BCUT2D eigenvalue weighted by Crippen LogP contribution is -2.45. The molecule has 1 aromatic heterocycles. The molecule has 4 aromatic carbocycles. The van der Waals surface area contributed by atoms with Gasteiger partial charge in [0.15, 0.2) is 0 Å². The van der Waals surface area contributed by atoms with Gasteiger partial charge in [-0.05, 0) is 22.4 Å². The number of aromatic nitrogens is 2. The highest BCUT2D eigenvalue weighted by atomic mass is 16.5. The molecule has 0 saturated heterocycles. The number of nitrogens with two attached hydrogens (primary N) is 1. The number of hydrogen-bond acceptors (Lipinski definition) is 5. The van der Waals surface area contributed by atoms with Crippen LogP contribution in [0, 0.1) is 11.3 Å². The maximum Gasteiger partial charge on any atom is 0.248 e. The van der Waals surface area contributed by atoms with Gasteiger partial charge in [0.25, 0.3) is 0 Å². The van der Waals surface area contributed by atoms with Crippen molar-refractivity contribution in [1.82, 2.24) is 10.2 Å². The molecule has 0 radical (unpaired) electrons. The number of nitriles is 1. The maximum absolute atomic E-state index is 14.8. The Morgan fingerprint density at radius 3 is 2.53 bits per heavy atom. The summed E-state index contributed by atoms with van der Waals surface area (Å²) >= 11 is 0. The Labute approximate surface area is 218 Å². The number of nitrogens with zero attached hydrogens (tertiary/aromatic N) is 3. The van der Waals surface area contributed by atoms with Crippen LogP contribution in [-0.4, -0.2) is 16.1 Å². The fourth-order valence-electron chi connectivity index (χ4n) is 5.86. The summed E-state index contributed by atoms with van der Waals surface area (Å²) in [5.74, 6) is -0.203. The Bertz CT molecular complexity index is 1830. The lowest BCUT2D eigenvalue weighted by Gasteiger charge is -2.33. The first-order valence-electron chi connectivity index (χ1n) is 12.2. The summed E-state index contributed by atoms with van der Waals surface area (Å²) in [7, 11) is 0. The highest BCUT2D eigenvalue weighted by molar-refractivity contribution is 6.15. The minimum Gasteiger partial charge on any atom is -0.420 e. The van der Waals surface area contributed by atoms with E-state index in [4.69, 9.17) is 10.5 Å². The van der Waals surface area contributed by atoms with Crippen LogP contribution in [0.15, 0.2) is 109 Å². The van der Waals surface area contributed by atoms with Crippen LogP contribution in [0.25, 0.3) is 22.0 Å². The van der Waals surface area contributed by atoms with E-state index in [0.29, 0.717) is 23.4 Å². The van der Waals surface area contributed by atoms with E-state index >= 15 is 0 Å². The average Bonchev–Trinajstić information content (AvgIpc) is 3.48. The van der Waals surface area contributed by atoms with Crippen molar-refractivity contribution >= 4 is 22.4 Å². The second kappa shape index (κ2) is 8.08. The number of aromatic amines is 1. The van der Waals surface area contributed by atoms with Gasteiger partial charge in [0.05, 0.1) is 17.8 Å². The van der Waals surface area contributed by atoms with Gasteiger partial charge >= 0.3 is 0 Å². The molecule has 3 heterocycles. The Kier molecular flexibility index (Phi) is 4.66. The number of carbonyl (C=O) groups excluding carboxylic acids is 1. The third-order valence-electron chi connectivity index (χ3n) is 7.48. The van der Waals surface area contributed by atoms with Crippen molar-refractivity contribution in [2.75, 3.05) is 4.90 Å². The van der Waals surface area contributed by atoms with Crippen LogP contribution in [0.4, 0.5) is 5.69 Å². The van der Waals surface area contributed by atoms with E-state index in [1.165, 1.54) is 0 Å². The topological polar surface area (TPSA) is 108 Å². The number of anilines is 1. The van der Waals surface area contributed by atoms with Crippen LogP contribution in [0.2, 0.25) is 0 Å². The smallest absolute Gasteiger partial charge is 0.248 e. The largest absolute Gasteiger partial charge is 0.420 e. The molecule has 1 unspecified atom stereocenters. The molecule has 0 saturated carbocycles. The molecule has 38 heavy (non-hydrogen) atoms. The van der Waals surface area contributed by atoms with Gasteiger partial charge in [-0.3, -0.25) is 9.89 Å². The van der Waals surface area contributed by atoms with Crippen LogP contribution in [0.3, 0.4) is 0 Å². The first-order valence-corrected chi connectivity index (χ1v) is 12.2. The molecule has 0 bridgehead atoms. The predicted octanol–water partition coefficient (Wildman–Crippen LogP) is 5.15. The molecule has 7 nitrogen and oxygen atoms in total. The standard InChI is InChI=1S/C31H21N5O2/c32-17-24-28(33)38-29-26(27(34-35-29)20-10-2-1-3-11-20)31(24)23-15-6-7-16-25(23)36(30(31)37)18-21-13-8-12-19-9-4-5-14-22(19)21/h1-16H,18,33H2,(H,34,35). The van der Waals surface area contributed by atoms with Gasteiger partial charge in [-0.2, -0.15) is 5.26 Å². The number of H-pyrrole nitrogens is 1. The van der Waals surface area contributed by atoms with Gasteiger partial charge in [-0.15, -0.1) is 5.10 Å². The number of hydrogen-bond donors (Lipinski definition) is 2. The van der Waals surface area contributed by atoms with Gasteiger partial charge < -0.3 is 15.4 Å². The summed E-state index contributed by atoms with van der Waals surface area (Å²) in [4.78, 5) is 16.6. The van der Waals surface area contributed by atoms with Crippen molar-refractivity contribution in [3.8, 4) is 23.2 Å². The fraction of sp³-hybridized carbons (Fsp3) is 0.0645. The summed E-state index contributed by atoms with van der Waals surface area (Å²) in [6.07, 6.45) is 0. The first kappa shape index (κ1) is 21.9. The molecule has 5 aromatic rings. The molecule has 1 amide bonds. The zero-order chi connectivity index (χ0) is 25.9. The van der Waals surface area contributed by atoms with Crippen LogP contribution < -0.4 is 15.4 Å². The lowest BCUT2D eigenvalue weighted by atomic mass is 9.68. The summed E-state index contributed by atoms with van der Waals surface area (Å²) in [6.45, 7) is 0.326. The van der Waals surface area contributed by atoms with E-state index in [2.05, 4.69) is 34.5 Å². The van der Waals surface area contributed by atoms with Crippen molar-refractivity contribution in [2.24, 2.45) is 5.73 Å². The molecular formula is C31H21N5O2. The summed E-state index contributed by atoms with van der Waals surface area (Å²) in [6, 6.07) is 33.6. The number of para-hydroxylation sites is 1. The van der Waals surface area contributed by atoms with Gasteiger partial charge in [-0.1, -0.05) is 91.0 Å².